The van der Waals surface area contributed by atoms with Gasteiger partial charge in [0.1, 0.15) is 17.1 Å². The topological polar surface area (TPSA) is 186 Å². The first-order valence-electron chi connectivity index (χ1n) is 10.8. The Hall–Kier alpha value is -4.13. The maximum absolute atomic E-state index is 12.9. The van der Waals surface area contributed by atoms with Crippen LogP contribution in [0.5, 0.6) is 0 Å². The predicted molar refractivity (Wildman–Crippen MR) is 136 cm³/mol. The molecule has 3 heterocycles. The molecule has 0 bridgehead atoms. The van der Waals surface area contributed by atoms with Gasteiger partial charge in [0, 0.05) is 44.3 Å². The fraction of sp³-hybridized carbons (Fsp3) is 0.318. The normalized spacial score (nSPS) is 10.9. The van der Waals surface area contributed by atoms with Crippen molar-refractivity contribution in [2.24, 2.45) is 19.8 Å². The summed E-state index contributed by atoms with van der Waals surface area (Å²) in [6.45, 7) is 4.16. The first-order chi connectivity index (χ1) is 16.5. The molecule has 0 aliphatic heterocycles. The van der Waals surface area contributed by atoms with Crippen molar-refractivity contribution < 1.29 is 14.4 Å². The highest BCUT2D eigenvalue weighted by molar-refractivity contribution is 7.15. The average molecular weight is 500 g/mol. The molecule has 3 aromatic rings. The van der Waals surface area contributed by atoms with Gasteiger partial charge >= 0.3 is 0 Å². The van der Waals surface area contributed by atoms with Crippen LogP contribution >= 0.6 is 11.3 Å². The number of hydrogen-bond acceptors (Lipinski definition) is 7. The maximum Gasteiger partial charge on any atom is 0.275 e. The fourth-order valence-electron chi connectivity index (χ4n) is 3.41. The molecule has 0 fully saturated rings. The molecule has 0 saturated carbocycles. The van der Waals surface area contributed by atoms with Crippen LogP contribution in [0.2, 0.25) is 0 Å². The Kier molecular flexibility index (Phi) is 7.59. The molecule has 35 heavy (non-hydrogen) atoms. The molecule has 186 valence electrons. The number of thiazole rings is 1. The molecule has 0 aliphatic rings. The van der Waals surface area contributed by atoms with Gasteiger partial charge in [-0.2, -0.15) is 0 Å². The number of aryl methyl sites for hydroxylation is 2. The number of aromatic nitrogens is 3. The largest absolute Gasteiger partial charge is 0.388 e. The van der Waals surface area contributed by atoms with E-state index in [0.29, 0.717) is 27.9 Å². The molecular formula is C22H29N9O3S. The van der Waals surface area contributed by atoms with E-state index in [9.17, 15) is 14.4 Å². The van der Waals surface area contributed by atoms with Crippen LogP contribution in [0.15, 0.2) is 24.5 Å². The van der Waals surface area contributed by atoms with E-state index in [1.807, 2.05) is 13.8 Å². The standard InChI is InChI=1S/C22H29N9O3S/c1-11(2)18-17(29-22(25)35-18)21(34)28-13-8-15(31(4)10-13)20(33)27-12-7-14(30(3)9-12)19(32)26-6-5-16(23)24/h7-11H,5-6H2,1-4H3,(H3,23,24)(H2,25,29)(H,26,32)(H,27,33)(H,28,34). The second-order valence-corrected chi connectivity index (χ2v) is 9.37. The van der Waals surface area contributed by atoms with E-state index in [-0.39, 0.29) is 36.3 Å². The van der Waals surface area contributed by atoms with Crippen molar-refractivity contribution in [1.82, 2.24) is 19.4 Å². The van der Waals surface area contributed by atoms with Gasteiger partial charge in [0.25, 0.3) is 17.7 Å². The number of nitrogen functional groups attached to an aromatic ring is 1. The van der Waals surface area contributed by atoms with E-state index in [0.717, 1.165) is 4.88 Å². The third-order valence-corrected chi connectivity index (χ3v) is 6.27. The minimum atomic E-state index is -0.414. The third kappa shape index (κ3) is 6.06. The van der Waals surface area contributed by atoms with Crippen LogP contribution in [-0.4, -0.2) is 44.2 Å². The number of nitrogens with two attached hydrogens (primary N) is 2. The van der Waals surface area contributed by atoms with Gasteiger partial charge in [-0.25, -0.2) is 4.98 Å². The molecule has 0 radical (unpaired) electrons. The molecule has 3 aromatic heterocycles. The minimum absolute atomic E-state index is 0.0145. The van der Waals surface area contributed by atoms with Crippen LogP contribution in [0.3, 0.4) is 0 Å². The molecular weight excluding hydrogens is 470 g/mol. The number of amidine groups is 1. The molecule has 8 N–H and O–H groups in total. The Morgan fingerprint density at radius 2 is 1.57 bits per heavy atom. The van der Waals surface area contributed by atoms with Gasteiger partial charge in [0.05, 0.1) is 17.2 Å². The summed E-state index contributed by atoms with van der Waals surface area (Å²) in [6.07, 6.45) is 3.49. The third-order valence-electron chi connectivity index (χ3n) is 5.08. The number of anilines is 3. The predicted octanol–water partition coefficient (Wildman–Crippen LogP) is 2.09. The van der Waals surface area contributed by atoms with Gasteiger partial charge in [-0.3, -0.25) is 19.8 Å². The van der Waals surface area contributed by atoms with Crippen molar-refractivity contribution in [3.63, 3.8) is 0 Å². The summed E-state index contributed by atoms with van der Waals surface area (Å²) in [5.41, 5.74) is 12.9. The lowest BCUT2D eigenvalue weighted by Crippen LogP contribution is -2.28. The SMILES string of the molecule is CC(C)c1sc(N)nc1C(=O)Nc1cc(C(=O)Nc2cc(C(=O)NCCC(=N)N)n(C)c2)n(C)c1. The molecule has 3 rings (SSSR count). The van der Waals surface area contributed by atoms with Gasteiger partial charge in [0.2, 0.25) is 0 Å². The number of nitrogens with zero attached hydrogens (tertiary/aromatic N) is 3. The van der Waals surface area contributed by atoms with Gasteiger partial charge in [-0.05, 0) is 18.1 Å². The zero-order valence-corrected chi connectivity index (χ0v) is 20.7. The first kappa shape index (κ1) is 25.5. The highest BCUT2D eigenvalue weighted by atomic mass is 32.1. The van der Waals surface area contributed by atoms with Crippen molar-refractivity contribution in [3.05, 3.63) is 46.5 Å². The van der Waals surface area contributed by atoms with Crippen LogP contribution < -0.4 is 27.4 Å². The van der Waals surface area contributed by atoms with Gasteiger partial charge in [-0.1, -0.05) is 13.8 Å². The van der Waals surface area contributed by atoms with Crippen LogP contribution in [0, 0.1) is 5.41 Å². The van der Waals surface area contributed by atoms with Crippen molar-refractivity contribution in [3.8, 4) is 0 Å². The lowest BCUT2D eigenvalue weighted by Gasteiger charge is -2.05. The van der Waals surface area contributed by atoms with Crippen molar-refractivity contribution >= 4 is 51.4 Å². The molecule has 0 aliphatic carbocycles. The smallest absolute Gasteiger partial charge is 0.275 e. The van der Waals surface area contributed by atoms with E-state index in [1.165, 1.54) is 11.3 Å². The number of amides is 3. The molecule has 12 nitrogen and oxygen atoms in total. The lowest BCUT2D eigenvalue weighted by atomic mass is 10.1. The monoisotopic (exact) mass is 499 g/mol. The quantitative estimate of drug-likeness (QED) is 0.193. The van der Waals surface area contributed by atoms with E-state index in [2.05, 4.69) is 20.9 Å². The minimum Gasteiger partial charge on any atom is -0.388 e. The summed E-state index contributed by atoms with van der Waals surface area (Å²) in [5.74, 6) is -1.08. The summed E-state index contributed by atoms with van der Waals surface area (Å²) < 4.78 is 3.17. The molecule has 3 amide bonds. The van der Waals surface area contributed by atoms with Crippen LogP contribution in [0.4, 0.5) is 16.5 Å². The molecule has 0 spiro atoms. The van der Waals surface area contributed by atoms with E-state index in [4.69, 9.17) is 16.9 Å². The van der Waals surface area contributed by atoms with E-state index < -0.39 is 11.8 Å². The summed E-state index contributed by atoms with van der Waals surface area (Å²) >= 11 is 1.28. The number of rotatable bonds is 9. The Labute approximate surface area is 206 Å². The number of carbonyl (C=O) groups excluding carboxylic acids is 3. The molecule has 0 aromatic carbocycles. The van der Waals surface area contributed by atoms with Gasteiger partial charge in [0.15, 0.2) is 5.13 Å². The zero-order valence-electron chi connectivity index (χ0n) is 19.9. The first-order valence-corrected chi connectivity index (χ1v) is 11.6. The lowest BCUT2D eigenvalue weighted by molar-refractivity contribution is 0.0945. The van der Waals surface area contributed by atoms with Crippen molar-refractivity contribution in [1.29, 1.82) is 5.41 Å². The number of carbonyl (C=O) groups is 3. The number of nitrogens with one attached hydrogen (secondary N) is 4. The van der Waals surface area contributed by atoms with Crippen LogP contribution in [0.1, 0.15) is 62.5 Å². The Morgan fingerprint density at radius 3 is 2.11 bits per heavy atom. The highest BCUT2D eigenvalue weighted by Gasteiger charge is 2.21. The zero-order chi connectivity index (χ0) is 25.9. The van der Waals surface area contributed by atoms with E-state index >= 15 is 0 Å². The van der Waals surface area contributed by atoms with Gasteiger partial charge in [-0.15, -0.1) is 11.3 Å². The Balaban J connectivity index is 1.69. The molecule has 0 atom stereocenters. The Bertz CT molecular complexity index is 1290. The summed E-state index contributed by atoms with van der Waals surface area (Å²) in [4.78, 5) is 42.9. The summed E-state index contributed by atoms with van der Waals surface area (Å²) in [6, 6.07) is 3.10. The average Bonchev–Trinajstić information content (AvgIpc) is 3.44. The van der Waals surface area contributed by atoms with Crippen LogP contribution in [0.25, 0.3) is 0 Å². The van der Waals surface area contributed by atoms with E-state index in [1.54, 1.807) is 47.8 Å². The second-order valence-electron chi connectivity index (χ2n) is 8.31. The highest BCUT2D eigenvalue weighted by Crippen LogP contribution is 2.29. The Morgan fingerprint density at radius 1 is 1.03 bits per heavy atom. The summed E-state index contributed by atoms with van der Waals surface area (Å²) in [7, 11) is 3.37. The molecule has 0 saturated heterocycles. The number of hydrogen-bond donors (Lipinski definition) is 6. The second kappa shape index (κ2) is 10.4. The fourth-order valence-corrected chi connectivity index (χ4v) is 4.24. The molecule has 0 unspecified atom stereocenters. The van der Waals surface area contributed by atoms with Gasteiger partial charge < -0.3 is 36.6 Å². The van der Waals surface area contributed by atoms with Crippen molar-refractivity contribution in [2.45, 2.75) is 26.2 Å². The van der Waals surface area contributed by atoms with Crippen molar-refractivity contribution in [2.75, 3.05) is 22.9 Å². The maximum atomic E-state index is 12.9. The molecule has 13 heteroatoms. The van der Waals surface area contributed by atoms with Crippen LogP contribution in [-0.2, 0) is 14.1 Å². The summed E-state index contributed by atoms with van der Waals surface area (Å²) in [5, 5.41) is 15.7.